The molecule has 0 radical (unpaired) electrons. The predicted molar refractivity (Wildman–Crippen MR) is 283 cm³/mol. The fourth-order valence-corrected chi connectivity index (χ4v) is 8.74. The van der Waals surface area contributed by atoms with Crippen molar-refractivity contribution < 1.29 is 58.2 Å². The number of benzene rings is 1. The molecule has 77 heavy (non-hydrogen) atoms. The van der Waals surface area contributed by atoms with Gasteiger partial charge >= 0.3 is 0 Å². The van der Waals surface area contributed by atoms with E-state index in [0.29, 0.717) is 5.56 Å². The van der Waals surface area contributed by atoms with Crippen molar-refractivity contribution in [2.24, 2.45) is 28.9 Å². The lowest BCUT2D eigenvalue weighted by molar-refractivity contribution is -0.136. The van der Waals surface area contributed by atoms with Crippen LogP contribution in [0.5, 0.6) is 0 Å². The number of hydrogen-bond donors (Lipinski definition) is 17. The Morgan fingerprint density at radius 1 is 0.610 bits per heavy atom. The van der Waals surface area contributed by atoms with Crippen LogP contribution < -0.4 is 81.4 Å². The molecule has 1 aromatic carbocycles. The van der Waals surface area contributed by atoms with Gasteiger partial charge in [0.2, 0.25) is 59.1 Å². The van der Waals surface area contributed by atoms with Crippen LogP contribution >= 0.6 is 0 Å². The van der Waals surface area contributed by atoms with E-state index in [0.717, 1.165) is 25.8 Å². The fourth-order valence-electron chi connectivity index (χ4n) is 8.74. The van der Waals surface area contributed by atoms with Crippen LogP contribution in [0.15, 0.2) is 30.3 Å². The van der Waals surface area contributed by atoms with Crippen LogP contribution in [0.4, 0.5) is 0 Å². The lowest BCUT2D eigenvalue weighted by Gasteiger charge is -2.29. The first-order valence-corrected chi connectivity index (χ1v) is 26.6. The van der Waals surface area contributed by atoms with Gasteiger partial charge in [-0.05, 0) is 109 Å². The van der Waals surface area contributed by atoms with E-state index in [1.54, 1.807) is 44.2 Å². The van der Waals surface area contributed by atoms with Crippen molar-refractivity contribution in [2.45, 2.75) is 171 Å². The Morgan fingerprint density at radius 3 is 1.66 bits per heavy atom. The molecule has 2 fully saturated rings. The van der Waals surface area contributed by atoms with Gasteiger partial charge in [-0.3, -0.25) is 47.9 Å². The number of amides is 10. The topological polar surface area (TPSA) is 448 Å². The lowest BCUT2D eigenvalue weighted by Crippen LogP contribution is -2.61. The molecule has 21 N–H and O–H groups in total. The molecule has 2 aliphatic rings. The first kappa shape index (κ1) is 64.9. The third kappa shape index (κ3) is 22.3. The van der Waals surface area contributed by atoms with Gasteiger partial charge in [0, 0.05) is 25.4 Å². The standard InChI is InChI=1S/C50H85N15O12/c1-27(2)24-37-47(74)59-32(13-18-51)42(69)58-35(16-21-54)46(73)65-40(28(3)66)49(76)56-23-17-36(45(72)57-33(14-19-52)44(71)63-38(48(75)62-37)25-30-10-6-5-7-11-30)60-43(70)34(15-20-53)61-50(77)41(29(4)67)64-39(68)26-31-12-8-9-22-55-31/h5-7,10-11,27-29,31-38,40-41,55,66-67H,8-9,12-26,51-54H2,1-4H3,(H,56,76)(H,57,72)(H,58,69)(H,59,74)(H,60,70)(H,61,77)(H,62,75)(H,63,71)(H,64,68)(H,65,73)/t28?,29?,31-,32-,33-,34-,35-,36-,37-,38+,40-,41-/m0/s1. The summed E-state index contributed by atoms with van der Waals surface area (Å²) in [6.07, 6.45) is -1.44. The molecule has 2 unspecified atom stereocenters. The minimum Gasteiger partial charge on any atom is -0.391 e. The van der Waals surface area contributed by atoms with Crippen LogP contribution in [0.1, 0.15) is 97.5 Å². The summed E-state index contributed by atoms with van der Waals surface area (Å²) in [5.74, 6) is -8.84. The normalized spacial score (nSPS) is 25.4. The van der Waals surface area contributed by atoms with Crippen molar-refractivity contribution >= 4 is 59.1 Å². The van der Waals surface area contributed by atoms with E-state index < -0.39 is 139 Å². The highest BCUT2D eigenvalue weighted by Gasteiger charge is 2.37. The summed E-state index contributed by atoms with van der Waals surface area (Å²) in [6.45, 7) is 5.82. The zero-order valence-corrected chi connectivity index (χ0v) is 44.7. The van der Waals surface area contributed by atoms with Crippen molar-refractivity contribution in [1.29, 1.82) is 0 Å². The van der Waals surface area contributed by atoms with Crippen molar-refractivity contribution in [3.63, 3.8) is 0 Å². The lowest BCUT2D eigenvalue weighted by atomic mass is 10.00. The van der Waals surface area contributed by atoms with E-state index in [4.69, 9.17) is 22.9 Å². The summed E-state index contributed by atoms with van der Waals surface area (Å²) in [5, 5.41) is 50.2. The molecule has 2 saturated heterocycles. The quantitative estimate of drug-likeness (QED) is 0.0545. The first-order chi connectivity index (χ1) is 36.6. The predicted octanol–water partition coefficient (Wildman–Crippen LogP) is -6.15. The van der Waals surface area contributed by atoms with E-state index in [-0.39, 0.29) is 83.1 Å². The van der Waals surface area contributed by atoms with Crippen LogP contribution in [-0.2, 0) is 54.4 Å². The highest BCUT2D eigenvalue weighted by atomic mass is 16.3. The van der Waals surface area contributed by atoms with E-state index in [2.05, 4.69) is 58.5 Å². The second kappa shape index (κ2) is 33.7. The highest BCUT2D eigenvalue weighted by Crippen LogP contribution is 2.13. The molecule has 0 aliphatic carbocycles. The van der Waals surface area contributed by atoms with Crippen molar-refractivity contribution in [3.8, 4) is 0 Å². The molecule has 10 amide bonds. The smallest absolute Gasteiger partial charge is 0.245 e. The van der Waals surface area contributed by atoms with Gasteiger partial charge in [-0.2, -0.15) is 0 Å². The maximum absolute atomic E-state index is 14.4. The summed E-state index contributed by atoms with van der Waals surface area (Å²) >= 11 is 0. The van der Waals surface area contributed by atoms with Crippen LogP contribution in [0.25, 0.3) is 0 Å². The summed E-state index contributed by atoms with van der Waals surface area (Å²) in [7, 11) is 0. The Hall–Kier alpha value is -6.36. The molecule has 0 spiro atoms. The van der Waals surface area contributed by atoms with E-state index >= 15 is 0 Å². The van der Waals surface area contributed by atoms with Crippen LogP contribution in [0, 0.1) is 5.92 Å². The monoisotopic (exact) mass is 1090 g/mol. The third-order valence-electron chi connectivity index (χ3n) is 13.0. The SMILES string of the molecule is CC(C)C[C@@H]1NC(=O)[C@@H](Cc2ccccc2)NC(=O)[C@H](CCN)NC(=O)[C@@H](NC(=O)[C@H](CCN)NC(=O)[C@@H](NC(=O)C[C@@H]2CCCCN2)C(C)O)CCNC(=O)[C@H](C(C)O)NC(=O)[C@H](CCN)NC(=O)[C@H](CCN)NC1=O. The van der Waals surface area contributed by atoms with E-state index in [1.807, 2.05) is 0 Å². The van der Waals surface area contributed by atoms with E-state index in [9.17, 15) is 58.2 Å². The summed E-state index contributed by atoms with van der Waals surface area (Å²) in [4.78, 5) is 139. The number of rotatable bonds is 21. The average molecular weight is 1090 g/mol. The average Bonchev–Trinajstić information content (AvgIpc) is 3.37. The maximum Gasteiger partial charge on any atom is 0.245 e. The minimum atomic E-state index is -1.66. The zero-order valence-electron chi connectivity index (χ0n) is 44.7. The van der Waals surface area contributed by atoms with Gasteiger partial charge in [0.05, 0.1) is 12.2 Å². The van der Waals surface area contributed by atoms with Crippen molar-refractivity contribution in [3.05, 3.63) is 35.9 Å². The first-order valence-electron chi connectivity index (χ1n) is 26.6. The summed E-state index contributed by atoms with van der Waals surface area (Å²) in [6, 6.07) is -4.62. The number of carbonyl (C=O) groups excluding carboxylic acids is 10. The van der Waals surface area contributed by atoms with Gasteiger partial charge in [0.1, 0.15) is 54.4 Å². The Labute approximate surface area is 449 Å². The number of nitrogens with one attached hydrogen (secondary N) is 11. The zero-order chi connectivity index (χ0) is 57.2. The molecule has 27 heteroatoms. The number of hydrogen-bond acceptors (Lipinski definition) is 17. The van der Waals surface area contributed by atoms with Crippen molar-refractivity contribution in [1.82, 2.24) is 58.5 Å². The highest BCUT2D eigenvalue weighted by molar-refractivity contribution is 5.99. The summed E-state index contributed by atoms with van der Waals surface area (Å²) < 4.78 is 0. The molecule has 2 aliphatic heterocycles. The van der Waals surface area contributed by atoms with Crippen LogP contribution in [0.3, 0.4) is 0 Å². The van der Waals surface area contributed by atoms with Crippen molar-refractivity contribution in [2.75, 3.05) is 39.3 Å². The number of carbonyl (C=O) groups is 10. The molecule has 0 aromatic heterocycles. The molecule has 1 aromatic rings. The molecule has 2 heterocycles. The molecular formula is C50H85N15O12. The Morgan fingerprint density at radius 2 is 1.14 bits per heavy atom. The van der Waals surface area contributed by atoms with Gasteiger partial charge in [-0.25, -0.2) is 0 Å². The van der Waals surface area contributed by atoms with Gasteiger partial charge in [0.25, 0.3) is 0 Å². The summed E-state index contributed by atoms with van der Waals surface area (Å²) in [5.41, 5.74) is 24.1. The molecule has 12 atom stereocenters. The maximum atomic E-state index is 14.4. The number of aliphatic hydroxyl groups excluding tert-OH is 2. The number of nitrogens with two attached hydrogens (primary N) is 4. The molecule has 27 nitrogen and oxygen atoms in total. The fraction of sp³-hybridized carbons (Fsp3) is 0.680. The number of piperidine rings is 1. The van der Waals surface area contributed by atoms with Gasteiger partial charge in [-0.15, -0.1) is 0 Å². The van der Waals surface area contributed by atoms with Crippen LogP contribution in [0.2, 0.25) is 0 Å². The Bertz CT molecular complexity index is 2110. The largest absolute Gasteiger partial charge is 0.391 e. The molecule has 3 rings (SSSR count). The minimum absolute atomic E-state index is 0.0332. The second-order valence-corrected chi connectivity index (χ2v) is 20.0. The van der Waals surface area contributed by atoms with Gasteiger partial charge in [-0.1, -0.05) is 50.6 Å². The van der Waals surface area contributed by atoms with Crippen LogP contribution in [-0.4, -0.2) is 181 Å². The van der Waals surface area contributed by atoms with Gasteiger partial charge < -0.3 is 91.6 Å². The number of aliphatic hydroxyl groups is 2. The Balaban J connectivity index is 2.09. The molecule has 0 saturated carbocycles. The molecule has 0 bridgehead atoms. The second-order valence-electron chi connectivity index (χ2n) is 20.0. The third-order valence-corrected chi connectivity index (χ3v) is 13.0. The van der Waals surface area contributed by atoms with E-state index in [1.165, 1.54) is 13.8 Å². The molecular weight excluding hydrogens is 1000 g/mol. The Kier molecular flexibility index (Phi) is 28.4. The van der Waals surface area contributed by atoms with Gasteiger partial charge in [0.15, 0.2) is 0 Å². The molecule has 432 valence electrons.